The van der Waals surface area contributed by atoms with E-state index < -0.39 is 10.0 Å². The van der Waals surface area contributed by atoms with Gasteiger partial charge in [0.15, 0.2) is 5.16 Å². The van der Waals surface area contributed by atoms with Crippen molar-refractivity contribution in [2.75, 3.05) is 56.4 Å². The highest BCUT2D eigenvalue weighted by Crippen LogP contribution is 2.41. The second-order valence-electron chi connectivity index (χ2n) is 8.08. The van der Waals surface area contributed by atoms with Crippen molar-refractivity contribution in [1.29, 1.82) is 0 Å². The van der Waals surface area contributed by atoms with Gasteiger partial charge in [0.05, 0.1) is 23.9 Å². The summed E-state index contributed by atoms with van der Waals surface area (Å²) < 4.78 is 33.5. The van der Waals surface area contributed by atoms with Gasteiger partial charge in [-0.15, -0.1) is 10.2 Å². The van der Waals surface area contributed by atoms with E-state index in [1.54, 1.807) is 12.1 Å². The summed E-state index contributed by atoms with van der Waals surface area (Å²) >= 11 is 1.34. The van der Waals surface area contributed by atoms with E-state index in [4.69, 9.17) is 4.74 Å². The molecule has 0 bridgehead atoms. The predicted octanol–water partition coefficient (Wildman–Crippen LogP) is 1.74. The Kier molecular flexibility index (Phi) is 6.75. The molecule has 1 aliphatic heterocycles. The fraction of sp³-hybridized carbons (Fsp3) is 0.550. The van der Waals surface area contributed by atoms with Crippen LogP contribution in [0.15, 0.2) is 28.3 Å². The topological polar surface area (TPSA) is 110 Å². The van der Waals surface area contributed by atoms with Gasteiger partial charge in [-0.25, -0.2) is 12.7 Å². The predicted molar refractivity (Wildman–Crippen MR) is 123 cm³/mol. The van der Waals surface area contributed by atoms with E-state index >= 15 is 0 Å². The Morgan fingerprint density at radius 1 is 1.25 bits per heavy atom. The van der Waals surface area contributed by atoms with Crippen LogP contribution in [0.1, 0.15) is 24.4 Å². The van der Waals surface area contributed by atoms with Crippen LogP contribution in [0, 0.1) is 6.92 Å². The minimum atomic E-state index is -3.58. The second-order valence-corrected chi connectivity index (χ2v) is 11.2. The highest BCUT2D eigenvalue weighted by Gasteiger charge is 2.32. The van der Waals surface area contributed by atoms with Crippen LogP contribution in [0.3, 0.4) is 0 Å². The molecule has 1 aliphatic carbocycles. The number of thioether (sulfide) groups is 1. The zero-order chi connectivity index (χ0) is 22.9. The lowest BCUT2D eigenvalue weighted by molar-refractivity contribution is -0.113. The number of carbonyl (C=O) groups is 1. The Morgan fingerprint density at radius 2 is 1.97 bits per heavy atom. The van der Waals surface area contributed by atoms with Crippen molar-refractivity contribution < 1.29 is 17.9 Å². The van der Waals surface area contributed by atoms with Gasteiger partial charge in [-0.2, -0.15) is 0 Å². The third-order valence-corrected chi connectivity index (χ3v) is 8.20. The van der Waals surface area contributed by atoms with Crippen molar-refractivity contribution in [2.24, 2.45) is 0 Å². The number of hydrogen-bond acceptors (Lipinski definition) is 8. The molecule has 1 amide bonds. The van der Waals surface area contributed by atoms with Crippen molar-refractivity contribution in [3.8, 4) is 0 Å². The number of rotatable bonds is 8. The normalized spacial score (nSPS) is 17.1. The molecule has 0 atom stereocenters. The van der Waals surface area contributed by atoms with Gasteiger partial charge in [0.25, 0.3) is 0 Å². The Labute approximate surface area is 192 Å². The molecule has 2 fully saturated rings. The number of aryl methyl sites for hydroxylation is 1. The number of nitrogens with one attached hydrogen (secondary N) is 1. The van der Waals surface area contributed by atoms with Gasteiger partial charge in [-0.3, -0.25) is 9.36 Å². The van der Waals surface area contributed by atoms with Crippen LogP contribution in [-0.2, 0) is 19.6 Å². The van der Waals surface area contributed by atoms with Gasteiger partial charge in [-0.1, -0.05) is 17.8 Å². The fourth-order valence-electron chi connectivity index (χ4n) is 3.42. The number of carbonyl (C=O) groups excluding carboxylic acids is 1. The van der Waals surface area contributed by atoms with Crippen molar-refractivity contribution in [1.82, 2.24) is 19.1 Å². The Balaban J connectivity index is 1.44. The summed E-state index contributed by atoms with van der Waals surface area (Å²) in [6.45, 7) is 4.73. The molecule has 2 aliphatic rings. The van der Waals surface area contributed by atoms with Gasteiger partial charge in [0.1, 0.15) is 0 Å². The number of morpholine rings is 1. The highest BCUT2D eigenvalue weighted by molar-refractivity contribution is 7.99. The van der Waals surface area contributed by atoms with Crippen molar-refractivity contribution >= 4 is 39.3 Å². The average Bonchev–Trinajstić information content (AvgIpc) is 3.53. The van der Waals surface area contributed by atoms with Crippen LogP contribution < -0.4 is 10.2 Å². The molecule has 2 heterocycles. The van der Waals surface area contributed by atoms with E-state index in [1.165, 1.54) is 31.9 Å². The fourth-order valence-corrected chi connectivity index (χ4v) is 5.15. The maximum atomic E-state index is 12.7. The van der Waals surface area contributed by atoms with Crippen molar-refractivity contribution in [3.05, 3.63) is 23.8 Å². The maximum absolute atomic E-state index is 12.7. The van der Waals surface area contributed by atoms with Gasteiger partial charge in [0.2, 0.25) is 21.9 Å². The first-order valence-electron chi connectivity index (χ1n) is 10.5. The van der Waals surface area contributed by atoms with E-state index in [9.17, 15) is 13.2 Å². The monoisotopic (exact) mass is 480 g/mol. The SMILES string of the molecule is Cc1ccc(S(=O)(=O)N(C)C)cc1NC(=O)CSc1nnc(N2CCOCC2)n1C1CC1. The Hall–Kier alpha value is -2.15. The standard InChI is InChI=1S/C20H28N6O4S2/c1-14-4-7-16(32(28,29)24(2)3)12-17(14)21-18(27)13-31-20-23-22-19(26(20)15-5-6-15)25-8-10-30-11-9-25/h4,7,12,15H,5-6,8-11,13H2,1-3H3,(H,21,27). The molecular weight excluding hydrogens is 452 g/mol. The molecule has 32 heavy (non-hydrogen) atoms. The van der Waals surface area contributed by atoms with Crippen LogP contribution >= 0.6 is 11.8 Å². The molecule has 1 saturated carbocycles. The average molecular weight is 481 g/mol. The summed E-state index contributed by atoms with van der Waals surface area (Å²) in [5, 5.41) is 12.3. The first-order valence-corrected chi connectivity index (χ1v) is 12.9. The molecule has 2 aromatic rings. The molecule has 0 radical (unpaired) electrons. The molecule has 0 unspecified atom stereocenters. The number of ether oxygens (including phenoxy) is 1. The van der Waals surface area contributed by atoms with Crippen LogP contribution in [0.4, 0.5) is 11.6 Å². The molecule has 1 saturated heterocycles. The van der Waals surface area contributed by atoms with E-state index in [0.29, 0.717) is 24.9 Å². The lowest BCUT2D eigenvalue weighted by atomic mass is 10.2. The molecule has 1 N–H and O–H groups in total. The van der Waals surface area contributed by atoms with Crippen molar-refractivity contribution in [2.45, 2.75) is 35.9 Å². The zero-order valence-corrected chi connectivity index (χ0v) is 20.1. The molecule has 0 spiro atoms. The summed E-state index contributed by atoms with van der Waals surface area (Å²) in [5.74, 6) is 0.768. The molecule has 4 rings (SSSR count). The van der Waals surface area contributed by atoms with Gasteiger partial charge >= 0.3 is 0 Å². The number of nitrogens with zero attached hydrogens (tertiary/aromatic N) is 5. The number of aromatic nitrogens is 3. The van der Waals surface area contributed by atoms with Gasteiger partial charge in [0, 0.05) is 38.9 Å². The highest BCUT2D eigenvalue weighted by atomic mass is 32.2. The maximum Gasteiger partial charge on any atom is 0.242 e. The number of benzene rings is 1. The van der Waals surface area contributed by atoms with E-state index in [-0.39, 0.29) is 16.6 Å². The first-order chi connectivity index (χ1) is 15.3. The number of amides is 1. The lowest BCUT2D eigenvalue weighted by Crippen LogP contribution is -2.38. The summed E-state index contributed by atoms with van der Waals surface area (Å²) in [4.78, 5) is 15.0. The summed E-state index contributed by atoms with van der Waals surface area (Å²) in [6, 6.07) is 5.11. The van der Waals surface area contributed by atoms with E-state index in [2.05, 4.69) is 25.0 Å². The molecule has 174 valence electrons. The molecular formula is C20H28N6O4S2. The molecule has 1 aromatic carbocycles. The number of hydrogen-bond donors (Lipinski definition) is 1. The smallest absolute Gasteiger partial charge is 0.242 e. The summed E-state index contributed by atoms with van der Waals surface area (Å²) in [5.41, 5.74) is 1.27. The van der Waals surface area contributed by atoms with Crippen molar-refractivity contribution in [3.63, 3.8) is 0 Å². The Bertz CT molecular complexity index is 1090. The molecule has 10 nitrogen and oxygen atoms in total. The minimum Gasteiger partial charge on any atom is -0.378 e. The first kappa shape index (κ1) is 23.0. The quantitative estimate of drug-likeness (QED) is 0.569. The largest absolute Gasteiger partial charge is 0.378 e. The third-order valence-electron chi connectivity index (χ3n) is 5.45. The van der Waals surface area contributed by atoms with Gasteiger partial charge < -0.3 is 15.0 Å². The lowest BCUT2D eigenvalue weighted by Gasteiger charge is -2.27. The zero-order valence-electron chi connectivity index (χ0n) is 18.4. The summed E-state index contributed by atoms with van der Waals surface area (Å²) in [7, 11) is -0.627. The molecule has 12 heteroatoms. The van der Waals surface area contributed by atoms with Gasteiger partial charge in [-0.05, 0) is 37.5 Å². The summed E-state index contributed by atoms with van der Waals surface area (Å²) in [6.07, 6.45) is 2.17. The van der Waals surface area contributed by atoms with Crippen LogP contribution in [0.2, 0.25) is 0 Å². The number of sulfonamides is 1. The minimum absolute atomic E-state index is 0.139. The van der Waals surface area contributed by atoms with Crippen LogP contribution in [0.5, 0.6) is 0 Å². The Morgan fingerprint density at radius 3 is 2.62 bits per heavy atom. The number of anilines is 2. The second kappa shape index (κ2) is 9.38. The van der Waals surface area contributed by atoms with Crippen LogP contribution in [-0.4, -0.2) is 79.5 Å². The third kappa shape index (κ3) is 4.92. The van der Waals surface area contributed by atoms with Crippen LogP contribution in [0.25, 0.3) is 0 Å². The van der Waals surface area contributed by atoms with E-state index in [1.807, 2.05) is 6.92 Å². The molecule has 1 aromatic heterocycles. The van der Waals surface area contributed by atoms with E-state index in [0.717, 1.165) is 46.9 Å².